The number of hydrogen-bond acceptors (Lipinski definition) is 4. The summed E-state index contributed by atoms with van der Waals surface area (Å²) in [7, 11) is 0. The summed E-state index contributed by atoms with van der Waals surface area (Å²) < 4.78 is 18.8. The van der Waals surface area contributed by atoms with Crippen molar-refractivity contribution in [2.75, 3.05) is 26.3 Å². The number of nitrogens with zero attached hydrogens (tertiary/aromatic N) is 1. The summed E-state index contributed by atoms with van der Waals surface area (Å²) in [5.41, 5.74) is 6.66. The van der Waals surface area contributed by atoms with Crippen molar-refractivity contribution in [2.24, 2.45) is 0 Å². The number of ether oxygens (including phenoxy) is 1. The van der Waals surface area contributed by atoms with Gasteiger partial charge in [0.1, 0.15) is 30.0 Å². The lowest BCUT2D eigenvalue weighted by Gasteiger charge is -2.25. The van der Waals surface area contributed by atoms with E-state index in [9.17, 15) is 14.6 Å². The molecule has 0 saturated carbocycles. The maximum atomic E-state index is 12.6. The van der Waals surface area contributed by atoms with Crippen molar-refractivity contribution in [3.63, 3.8) is 0 Å². The molecule has 0 radical (unpaired) electrons. The van der Waals surface area contributed by atoms with E-state index in [0.29, 0.717) is 6.54 Å². The second-order valence-electron chi connectivity index (χ2n) is 8.78. The van der Waals surface area contributed by atoms with Gasteiger partial charge in [-0.3, -0.25) is 4.90 Å². The topological polar surface area (TPSA) is 52.9 Å². The van der Waals surface area contributed by atoms with Gasteiger partial charge in [0.25, 0.3) is 0 Å². The van der Waals surface area contributed by atoms with Crippen LogP contribution in [0.5, 0.6) is 17.2 Å². The Labute approximate surface area is 193 Å². The molecule has 3 aromatic rings. The highest BCUT2D eigenvalue weighted by Crippen LogP contribution is 2.42. The number of phenolic OH excluding ortho intramolecular Hbond substituents is 2. The van der Waals surface area contributed by atoms with Crippen molar-refractivity contribution in [3.05, 3.63) is 89.0 Å². The van der Waals surface area contributed by atoms with E-state index in [0.717, 1.165) is 60.4 Å². The lowest BCUT2D eigenvalue weighted by Crippen LogP contribution is -2.26. The quantitative estimate of drug-likeness (QED) is 0.532. The van der Waals surface area contributed by atoms with Gasteiger partial charge in [-0.2, -0.15) is 0 Å². The van der Waals surface area contributed by atoms with E-state index in [1.54, 1.807) is 18.2 Å². The predicted octanol–water partition coefficient (Wildman–Crippen LogP) is 5.43. The summed E-state index contributed by atoms with van der Waals surface area (Å²) in [6, 6.07) is 21.0. The summed E-state index contributed by atoms with van der Waals surface area (Å²) >= 11 is 0. The van der Waals surface area contributed by atoms with Crippen molar-refractivity contribution in [1.82, 2.24) is 4.90 Å². The van der Waals surface area contributed by atoms with Crippen LogP contribution in [0.15, 0.2) is 66.7 Å². The number of allylic oxidation sites excluding steroid dienone is 1. The van der Waals surface area contributed by atoms with Crippen LogP contribution in [0, 0.1) is 0 Å². The molecule has 0 unspecified atom stereocenters. The van der Waals surface area contributed by atoms with Gasteiger partial charge in [-0.15, -0.1) is 0 Å². The highest BCUT2D eigenvalue weighted by molar-refractivity contribution is 6.01. The Bertz CT molecular complexity index is 1150. The van der Waals surface area contributed by atoms with E-state index < -0.39 is 0 Å². The van der Waals surface area contributed by atoms with Gasteiger partial charge in [0, 0.05) is 19.6 Å². The third kappa shape index (κ3) is 4.60. The van der Waals surface area contributed by atoms with Crippen LogP contribution in [0.2, 0.25) is 0 Å². The maximum Gasteiger partial charge on any atom is 0.119 e. The average molecular weight is 446 g/mol. The van der Waals surface area contributed by atoms with E-state index >= 15 is 0 Å². The van der Waals surface area contributed by atoms with Crippen molar-refractivity contribution in [2.45, 2.75) is 25.4 Å². The minimum Gasteiger partial charge on any atom is -0.508 e. The Morgan fingerprint density at radius 2 is 1.61 bits per heavy atom. The Morgan fingerprint density at radius 3 is 2.36 bits per heavy atom. The first-order valence-corrected chi connectivity index (χ1v) is 11.5. The van der Waals surface area contributed by atoms with E-state index in [4.69, 9.17) is 4.74 Å². The zero-order valence-electron chi connectivity index (χ0n) is 18.5. The minimum atomic E-state index is -0.322. The van der Waals surface area contributed by atoms with Gasteiger partial charge in [-0.1, -0.05) is 30.3 Å². The first-order valence-electron chi connectivity index (χ1n) is 11.5. The maximum absolute atomic E-state index is 12.6. The molecule has 5 rings (SSSR count). The van der Waals surface area contributed by atoms with Crippen LogP contribution >= 0.6 is 0 Å². The van der Waals surface area contributed by atoms with Crippen LogP contribution in [0.4, 0.5) is 4.39 Å². The van der Waals surface area contributed by atoms with Crippen LogP contribution < -0.4 is 4.74 Å². The largest absolute Gasteiger partial charge is 0.508 e. The number of fused-ring (bicyclic) bond motifs is 1. The molecule has 1 fully saturated rings. The number of alkyl halides is 1. The van der Waals surface area contributed by atoms with Gasteiger partial charge in [-0.05, 0) is 89.1 Å². The SMILES string of the molecule is Oc1ccc(C2=C(c3ccc(O[C@H]4CCN(CCF)C4)cc3)c3cc(O)ccc3CC2)cc1. The number of rotatable bonds is 6. The smallest absolute Gasteiger partial charge is 0.119 e. The van der Waals surface area contributed by atoms with Crippen LogP contribution in [-0.4, -0.2) is 47.5 Å². The Balaban J connectivity index is 1.48. The zero-order chi connectivity index (χ0) is 22.8. The molecule has 0 aromatic heterocycles. The first kappa shape index (κ1) is 21.5. The molecule has 3 aromatic carbocycles. The molecule has 0 spiro atoms. The molecule has 2 N–H and O–H groups in total. The molecule has 4 nitrogen and oxygen atoms in total. The van der Waals surface area contributed by atoms with Crippen molar-refractivity contribution >= 4 is 11.1 Å². The fraction of sp³-hybridized carbons (Fsp3) is 0.286. The molecular weight excluding hydrogens is 417 g/mol. The number of phenols is 2. The molecule has 170 valence electrons. The zero-order valence-corrected chi connectivity index (χ0v) is 18.5. The van der Waals surface area contributed by atoms with Gasteiger partial charge in [0.05, 0.1) is 0 Å². The summed E-state index contributed by atoms with van der Waals surface area (Å²) in [6.07, 6.45) is 2.77. The molecule has 1 aliphatic carbocycles. The lowest BCUT2D eigenvalue weighted by molar-refractivity contribution is 0.196. The van der Waals surface area contributed by atoms with Crippen LogP contribution in [0.25, 0.3) is 11.1 Å². The molecular formula is C28H28FNO3. The molecule has 0 bridgehead atoms. The normalized spacial score (nSPS) is 18.4. The highest BCUT2D eigenvalue weighted by atomic mass is 19.1. The molecule has 1 saturated heterocycles. The fourth-order valence-electron chi connectivity index (χ4n) is 4.95. The van der Waals surface area contributed by atoms with Gasteiger partial charge in [0.15, 0.2) is 0 Å². The number of aromatic hydroxyl groups is 2. The molecule has 1 atom stereocenters. The van der Waals surface area contributed by atoms with Crippen molar-refractivity contribution < 1.29 is 19.3 Å². The molecule has 1 aliphatic heterocycles. The van der Waals surface area contributed by atoms with Crippen LogP contribution in [-0.2, 0) is 6.42 Å². The average Bonchev–Trinajstić information content (AvgIpc) is 3.26. The second-order valence-corrected chi connectivity index (χ2v) is 8.78. The Hall–Kier alpha value is -3.31. The van der Waals surface area contributed by atoms with Gasteiger partial charge in [-0.25, -0.2) is 4.39 Å². The molecule has 5 heteroatoms. The Morgan fingerprint density at radius 1 is 0.879 bits per heavy atom. The third-order valence-corrected chi connectivity index (χ3v) is 6.60. The van der Waals surface area contributed by atoms with Crippen LogP contribution in [0.1, 0.15) is 35.1 Å². The number of likely N-dealkylation sites (tertiary alicyclic amines) is 1. The number of benzene rings is 3. The van der Waals surface area contributed by atoms with Gasteiger partial charge in [0.2, 0.25) is 0 Å². The summed E-state index contributed by atoms with van der Waals surface area (Å²) in [5.74, 6) is 1.30. The van der Waals surface area contributed by atoms with Gasteiger partial charge < -0.3 is 14.9 Å². The fourth-order valence-corrected chi connectivity index (χ4v) is 4.95. The van der Waals surface area contributed by atoms with E-state index in [1.165, 1.54) is 11.1 Å². The second kappa shape index (κ2) is 9.28. The minimum absolute atomic E-state index is 0.0847. The molecule has 33 heavy (non-hydrogen) atoms. The standard InChI is InChI=1S/C28H28FNO3/c29-14-16-30-15-13-25(18-30)33-24-10-4-21(5-11-24)28-26(19-1-7-22(31)8-2-19)12-6-20-3-9-23(32)17-27(20)28/h1-5,7-11,17,25,31-32H,6,12-16,18H2/t25-/m0/s1. The lowest BCUT2D eigenvalue weighted by atomic mass is 9.79. The van der Waals surface area contributed by atoms with Crippen LogP contribution in [0.3, 0.4) is 0 Å². The van der Waals surface area contributed by atoms with Crippen molar-refractivity contribution in [1.29, 1.82) is 0 Å². The van der Waals surface area contributed by atoms with Gasteiger partial charge >= 0.3 is 0 Å². The number of hydrogen-bond donors (Lipinski definition) is 2. The molecule has 1 heterocycles. The summed E-state index contributed by atoms with van der Waals surface area (Å²) in [4.78, 5) is 2.10. The highest BCUT2D eigenvalue weighted by Gasteiger charge is 2.25. The Kier molecular flexibility index (Phi) is 6.05. The van der Waals surface area contributed by atoms with E-state index in [2.05, 4.69) is 17.0 Å². The van der Waals surface area contributed by atoms with E-state index in [-0.39, 0.29) is 24.3 Å². The summed E-state index contributed by atoms with van der Waals surface area (Å²) in [5, 5.41) is 19.9. The predicted molar refractivity (Wildman–Crippen MR) is 128 cm³/mol. The monoisotopic (exact) mass is 445 g/mol. The van der Waals surface area contributed by atoms with E-state index in [1.807, 2.05) is 36.4 Å². The summed E-state index contributed by atoms with van der Waals surface area (Å²) in [6.45, 7) is 1.78. The molecule has 0 amide bonds. The first-order chi connectivity index (χ1) is 16.1. The molecule has 2 aliphatic rings. The number of halogens is 1. The number of aryl methyl sites for hydroxylation is 1. The third-order valence-electron chi connectivity index (χ3n) is 6.60. The van der Waals surface area contributed by atoms with Crippen molar-refractivity contribution in [3.8, 4) is 17.2 Å².